The predicted octanol–water partition coefficient (Wildman–Crippen LogP) is 3.31. The van der Waals surface area contributed by atoms with Gasteiger partial charge in [-0.1, -0.05) is 41.0 Å². The fourth-order valence-corrected chi connectivity index (χ4v) is 1.84. The highest BCUT2D eigenvalue weighted by Gasteiger charge is 2.24. The van der Waals surface area contributed by atoms with Gasteiger partial charge in [0.2, 0.25) is 0 Å². The maximum atomic E-state index is 4.36. The molecule has 17 heavy (non-hydrogen) atoms. The lowest BCUT2D eigenvalue weighted by molar-refractivity contribution is 0.0883. The molecule has 1 aromatic rings. The van der Waals surface area contributed by atoms with Gasteiger partial charge in [-0.2, -0.15) is 5.10 Å². The number of aryl methyl sites for hydroxylation is 1. The normalized spacial score (nSPS) is 15.2. The van der Waals surface area contributed by atoms with Gasteiger partial charge in [0, 0.05) is 32.9 Å². The van der Waals surface area contributed by atoms with Crippen molar-refractivity contribution in [3.63, 3.8) is 0 Å². The van der Waals surface area contributed by atoms with Gasteiger partial charge in [-0.25, -0.2) is 0 Å². The van der Waals surface area contributed by atoms with Crippen LogP contribution in [0.2, 0.25) is 0 Å². The first-order valence-electron chi connectivity index (χ1n) is 6.99. The third kappa shape index (κ3) is 5.35. The summed E-state index contributed by atoms with van der Waals surface area (Å²) >= 11 is 0. The van der Waals surface area contributed by atoms with E-state index in [1.165, 1.54) is 25.2 Å². The molecule has 0 aliphatic carbocycles. The van der Waals surface area contributed by atoms with Crippen LogP contribution in [-0.2, 0) is 13.6 Å². The summed E-state index contributed by atoms with van der Waals surface area (Å²) in [6, 6.07) is 2.10. The van der Waals surface area contributed by atoms with Crippen molar-refractivity contribution in [2.45, 2.75) is 47.6 Å². The van der Waals surface area contributed by atoms with E-state index in [4.69, 9.17) is 0 Å². The minimum absolute atomic E-state index is 0.934. The SMILES string of the molecule is CC.CC.CCC1CN(Cc2ccn(C)n2)C1. The molecule has 0 radical (unpaired) electrons. The Bertz CT molecular complexity index is 275. The lowest BCUT2D eigenvalue weighted by atomic mass is 9.97. The van der Waals surface area contributed by atoms with Crippen molar-refractivity contribution in [1.82, 2.24) is 14.7 Å². The monoisotopic (exact) mass is 239 g/mol. The van der Waals surface area contributed by atoms with Gasteiger partial charge in [-0.05, 0) is 12.0 Å². The summed E-state index contributed by atoms with van der Waals surface area (Å²) in [6.45, 7) is 13.8. The first-order chi connectivity index (χ1) is 8.28. The van der Waals surface area contributed by atoms with E-state index in [-0.39, 0.29) is 0 Å². The number of nitrogens with zero attached hydrogens (tertiary/aromatic N) is 3. The Hall–Kier alpha value is -0.830. The first-order valence-corrected chi connectivity index (χ1v) is 6.99. The van der Waals surface area contributed by atoms with Crippen LogP contribution < -0.4 is 0 Å². The molecule has 1 aliphatic rings. The zero-order valence-corrected chi connectivity index (χ0v) is 12.4. The van der Waals surface area contributed by atoms with Gasteiger partial charge in [0.15, 0.2) is 0 Å². The van der Waals surface area contributed by atoms with E-state index in [2.05, 4.69) is 23.0 Å². The van der Waals surface area contributed by atoms with Gasteiger partial charge < -0.3 is 0 Å². The molecule has 0 aromatic carbocycles. The van der Waals surface area contributed by atoms with E-state index in [0.29, 0.717) is 0 Å². The van der Waals surface area contributed by atoms with Crippen molar-refractivity contribution in [3.8, 4) is 0 Å². The molecule has 2 heterocycles. The molecular formula is C14H29N3. The summed E-state index contributed by atoms with van der Waals surface area (Å²) in [6.07, 6.45) is 3.32. The maximum absolute atomic E-state index is 4.36. The van der Waals surface area contributed by atoms with E-state index in [9.17, 15) is 0 Å². The molecular weight excluding hydrogens is 210 g/mol. The van der Waals surface area contributed by atoms with Crippen LogP contribution in [0.3, 0.4) is 0 Å². The number of hydrogen-bond donors (Lipinski definition) is 0. The molecule has 0 N–H and O–H groups in total. The van der Waals surface area contributed by atoms with Crippen LogP contribution in [0.15, 0.2) is 12.3 Å². The summed E-state index contributed by atoms with van der Waals surface area (Å²) in [5.41, 5.74) is 1.19. The Labute approximate surface area is 107 Å². The van der Waals surface area contributed by atoms with Crippen LogP contribution in [0.4, 0.5) is 0 Å². The summed E-state index contributed by atoms with van der Waals surface area (Å²) in [5, 5.41) is 4.36. The van der Waals surface area contributed by atoms with E-state index in [1.54, 1.807) is 0 Å². The number of rotatable bonds is 3. The Kier molecular flexibility index (Phi) is 8.78. The van der Waals surface area contributed by atoms with Gasteiger partial charge >= 0.3 is 0 Å². The Morgan fingerprint density at radius 3 is 2.24 bits per heavy atom. The summed E-state index contributed by atoms with van der Waals surface area (Å²) < 4.78 is 1.87. The third-order valence-corrected chi connectivity index (χ3v) is 2.76. The van der Waals surface area contributed by atoms with Crippen molar-refractivity contribution >= 4 is 0 Å². The molecule has 100 valence electrons. The largest absolute Gasteiger partial charge is 0.297 e. The Morgan fingerprint density at radius 2 is 1.82 bits per heavy atom. The molecule has 1 aromatic heterocycles. The molecule has 0 bridgehead atoms. The van der Waals surface area contributed by atoms with Crippen LogP contribution in [0.5, 0.6) is 0 Å². The van der Waals surface area contributed by atoms with Crippen molar-refractivity contribution < 1.29 is 0 Å². The fourth-order valence-electron chi connectivity index (χ4n) is 1.84. The van der Waals surface area contributed by atoms with Crippen molar-refractivity contribution in [2.24, 2.45) is 13.0 Å². The third-order valence-electron chi connectivity index (χ3n) is 2.76. The molecule has 1 aliphatic heterocycles. The van der Waals surface area contributed by atoms with Gasteiger partial charge in [0.1, 0.15) is 0 Å². The van der Waals surface area contributed by atoms with Crippen LogP contribution >= 0.6 is 0 Å². The highest BCUT2D eigenvalue weighted by Crippen LogP contribution is 2.20. The molecule has 2 rings (SSSR count). The van der Waals surface area contributed by atoms with Gasteiger partial charge in [0.25, 0.3) is 0 Å². The molecule has 0 unspecified atom stereocenters. The summed E-state index contributed by atoms with van der Waals surface area (Å²) in [4.78, 5) is 2.45. The first kappa shape index (κ1) is 16.2. The lowest BCUT2D eigenvalue weighted by Gasteiger charge is -2.38. The molecule has 3 nitrogen and oxygen atoms in total. The van der Waals surface area contributed by atoms with Gasteiger partial charge in [-0.3, -0.25) is 9.58 Å². The van der Waals surface area contributed by atoms with Crippen LogP contribution in [0, 0.1) is 5.92 Å². The molecule has 0 saturated carbocycles. The van der Waals surface area contributed by atoms with Gasteiger partial charge in [0.05, 0.1) is 5.69 Å². The topological polar surface area (TPSA) is 21.1 Å². The van der Waals surface area contributed by atoms with Gasteiger partial charge in [-0.15, -0.1) is 0 Å². The lowest BCUT2D eigenvalue weighted by Crippen LogP contribution is -2.45. The van der Waals surface area contributed by atoms with E-state index in [0.717, 1.165) is 12.5 Å². The fraction of sp³-hybridized carbons (Fsp3) is 0.786. The highest BCUT2D eigenvalue weighted by atomic mass is 15.3. The van der Waals surface area contributed by atoms with Crippen molar-refractivity contribution in [1.29, 1.82) is 0 Å². The molecule has 0 atom stereocenters. The summed E-state index contributed by atoms with van der Waals surface area (Å²) in [5.74, 6) is 0.934. The minimum Gasteiger partial charge on any atom is -0.297 e. The quantitative estimate of drug-likeness (QED) is 0.807. The van der Waals surface area contributed by atoms with Crippen molar-refractivity contribution in [3.05, 3.63) is 18.0 Å². The molecule has 3 heteroatoms. The zero-order valence-electron chi connectivity index (χ0n) is 12.4. The van der Waals surface area contributed by atoms with Crippen LogP contribution in [0.25, 0.3) is 0 Å². The molecule has 0 amide bonds. The average molecular weight is 239 g/mol. The second-order valence-corrected chi connectivity index (χ2v) is 3.95. The Balaban J connectivity index is 0.000000581. The highest BCUT2D eigenvalue weighted by molar-refractivity contribution is 4.99. The van der Waals surface area contributed by atoms with E-state index < -0.39 is 0 Å². The standard InChI is InChI=1S/C10H17N3.2C2H6/c1-3-9-6-13(7-9)8-10-4-5-12(2)11-10;2*1-2/h4-5,9H,3,6-8H2,1-2H3;2*1-2H3. The maximum Gasteiger partial charge on any atom is 0.0764 e. The van der Waals surface area contributed by atoms with Crippen LogP contribution in [-0.4, -0.2) is 27.8 Å². The molecule has 1 fully saturated rings. The smallest absolute Gasteiger partial charge is 0.0764 e. The van der Waals surface area contributed by atoms with Crippen molar-refractivity contribution in [2.75, 3.05) is 13.1 Å². The second kappa shape index (κ2) is 9.23. The number of likely N-dealkylation sites (tertiary alicyclic amines) is 1. The number of hydrogen-bond acceptors (Lipinski definition) is 2. The predicted molar refractivity (Wildman–Crippen MR) is 75.0 cm³/mol. The average Bonchev–Trinajstić information content (AvgIpc) is 2.74. The van der Waals surface area contributed by atoms with E-state index in [1.807, 2.05) is 45.6 Å². The van der Waals surface area contributed by atoms with E-state index >= 15 is 0 Å². The zero-order chi connectivity index (χ0) is 13.3. The molecule has 0 spiro atoms. The minimum atomic E-state index is 0.934. The number of aromatic nitrogens is 2. The Morgan fingerprint density at radius 1 is 1.24 bits per heavy atom. The second-order valence-electron chi connectivity index (χ2n) is 3.95. The summed E-state index contributed by atoms with van der Waals surface area (Å²) in [7, 11) is 1.97. The molecule has 1 saturated heterocycles. The van der Waals surface area contributed by atoms with Crippen LogP contribution in [0.1, 0.15) is 46.7 Å².